The van der Waals surface area contributed by atoms with E-state index in [0.29, 0.717) is 42.8 Å². The fourth-order valence-electron chi connectivity index (χ4n) is 4.62. The molecule has 4 aromatic rings. The number of halogens is 5. The Morgan fingerprint density at radius 2 is 1.53 bits per heavy atom. The maximum atomic E-state index is 13.4. The van der Waals surface area contributed by atoms with E-state index in [1.807, 2.05) is 42.5 Å². The first kappa shape index (κ1) is 26.3. The number of aromatic nitrogens is 2. The van der Waals surface area contributed by atoms with Crippen molar-refractivity contribution in [2.24, 2.45) is 0 Å². The molecule has 0 aliphatic carbocycles. The second kappa shape index (κ2) is 10.8. The molecular weight excluding hydrogens is 536 g/mol. The van der Waals surface area contributed by atoms with Crippen molar-refractivity contribution in [1.82, 2.24) is 19.6 Å². The van der Waals surface area contributed by atoms with Gasteiger partial charge in [-0.1, -0.05) is 59.6 Å². The van der Waals surface area contributed by atoms with Crippen molar-refractivity contribution < 1.29 is 18.0 Å². The number of carbonyl (C=O) groups is 1. The van der Waals surface area contributed by atoms with Gasteiger partial charge < -0.3 is 4.90 Å². The van der Waals surface area contributed by atoms with Crippen LogP contribution in [0, 0.1) is 0 Å². The fourth-order valence-corrected chi connectivity index (χ4v) is 4.91. The summed E-state index contributed by atoms with van der Waals surface area (Å²) in [6, 6.07) is 18.3. The Morgan fingerprint density at radius 3 is 2.24 bits per heavy atom. The zero-order valence-corrected chi connectivity index (χ0v) is 21.6. The van der Waals surface area contributed by atoms with E-state index in [4.69, 9.17) is 23.2 Å². The number of benzene rings is 3. The highest BCUT2D eigenvalue weighted by Crippen LogP contribution is 2.36. The number of carbonyl (C=O) groups excluding carboxylic acids is 1. The standard InChI is InChI=1S/C28H23Cl2F3N4O/c29-22-8-5-19(6-9-22)25-15-23(30)10-7-20(25)17-35-11-13-36(14-12-35)27(38)37-18-21(16-34-37)24-3-1-2-4-26(24)28(31,32)33/h1-10,15-16,18H,11-14,17H2. The van der Waals surface area contributed by atoms with Gasteiger partial charge in [0.1, 0.15) is 0 Å². The van der Waals surface area contributed by atoms with Crippen molar-refractivity contribution in [3.63, 3.8) is 0 Å². The van der Waals surface area contributed by atoms with Crippen LogP contribution in [0.15, 0.2) is 79.1 Å². The third-order valence-electron chi connectivity index (χ3n) is 6.59. The van der Waals surface area contributed by atoms with Crippen molar-refractivity contribution in [2.75, 3.05) is 26.2 Å². The van der Waals surface area contributed by atoms with Gasteiger partial charge in [0.05, 0.1) is 11.8 Å². The molecule has 196 valence electrons. The van der Waals surface area contributed by atoms with Crippen LogP contribution in [0.25, 0.3) is 22.3 Å². The molecule has 38 heavy (non-hydrogen) atoms. The molecule has 1 amide bonds. The summed E-state index contributed by atoms with van der Waals surface area (Å²) in [6.45, 7) is 2.89. The SMILES string of the molecule is O=C(N1CCN(Cc2ccc(Cl)cc2-c2ccc(Cl)cc2)CC1)n1cc(-c2ccccc2C(F)(F)F)cn1. The topological polar surface area (TPSA) is 41.4 Å². The molecule has 0 radical (unpaired) electrons. The minimum Gasteiger partial charge on any atom is -0.320 e. The van der Waals surface area contributed by atoms with E-state index in [2.05, 4.69) is 10.00 Å². The Labute approximate surface area is 228 Å². The van der Waals surface area contributed by atoms with E-state index in [1.54, 1.807) is 4.90 Å². The molecular formula is C28H23Cl2F3N4O. The van der Waals surface area contributed by atoms with Crippen molar-refractivity contribution in [3.05, 3.63) is 100 Å². The van der Waals surface area contributed by atoms with E-state index in [0.717, 1.165) is 27.4 Å². The lowest BCUT2D eigenvalue weighted by Gasteiger charge is -2.34. The van der Waals surface area contributed by atoms with Crippen LogP contribution >= 0.6 is 23.2 Å². The minimum atomic E-state index is -4.50. The van der Waals surface area contributed by atoms with E-state index in [9.17, 15) is 18.0 Å². The number of nitrogens with zero attached hydrogens (tertiary/aromatic N) is 4. The van der Waals surface area contributed by atoms with Crippen LogP contribution in [-0.2, 0) is 12.7 Å². The lowest BCUT2D eigenvalue weighted by molar-refractivity contribution is -0.137. The first-order chi connectivity index (χ1) is 18.2. The summed E-state index contributed by atoms with van der Waals surface area (Å²) in [5.74, 6) is 0. The van der Waals surface area contributed by atoms with Gasteiger partial charge in [0.25, 0.3) is 0 Å². The highest BCUT2D eigenvalue weighted by Gasteiger charge is 2.34. The Morgan fingerprint density at radius 1 is 0.842 bits per heavy atom. The third kappa shape index (κ3) is 5.72. The van der Waals surface area contributed by atoms with Gasteiger partial charge in [0, 0.05) is 54.5 Å². The molecule has 0 unspecified atom stereocenters. The molecule has 0 N–H and O–H groups in total. The Bertz CT molecular complexity index is 1450. The van der Waals surface area contributed by atoms with Gasteiger partial charge in [-0.05, 0) is 52.6 Å². The molecule has 1 aliphatic heterocycles. The molecule has 1 aliphatic rings. The van der Waals surface area contributed by atoms with Crippen LogP contribution in [0.3, 0.4) is 0 Å². The molecule has 0 spiro atoms. The van der Waals surface area contributed by atoms with E-state index >= 15 is 0 Å². The van der Waals surface area contributed by atoms with Crippen LogP contribution in [0.4, 0.5) is 18.0 Å². The molecule has 3 aromatic carbocycles. The molecule has 1 aromatic heterocycles. The molecule has 0 bridgehead atoms. The molecule has 1 saturated heterocycles. The van der Waals surface area contributed by atoms with Crippen LogP contribution in [0.5, 0.6) is 0 Å². The van der Waals surface area contributed by atoms with Crippen molar-refractivity contribution >= 4 is 29.2 Å². The van der Waals surface area contributed by atoms with Crippen LogP contribution < -0.4 is 0 Å². The predicted molar refractivity (Wildman–Crippen MR) is 142 cm³/mol. The number of hydrogen-bond donors (Lipinski definition) is 0. The smallest absolute Gasteiger partial charge is 0.320 e. The number of amides is 1. The van der Waals surface area contributed by atoms with Gasteiger partial charge in [-0.15, -0.1) is 0 Å². The third-order valence-corrected chi connectivity index (χ3v) is 7.07. The van der Waals surface area contributed by atoms with Crippen LogP contribution in [0.2, 0.25) is 10.0 Å². The fraction of sp³-hybridized carbons (Fsp3) is 0.214. The second-order valence-electron chi connectivity index (χ2n) is 9.07. The molecule has 2 heterocycles. The summed E-state index contributed by atoms with van der Waals surface area (Å²) < 4.78 is 41.4. The Balaban J connectivity index is 1.25. The number of piperazine rings is 1. The van der Waals surface area contributed by atoms with Gasteiger partial charge in [-0.3, -0.25) is 4.90 Å². The van der Waals surface area contributed by atoms with Gasteiger partial charge in [0.15, 0.2) is 0 Å². The average Bonchev–Trinajstić information content (AvgIpc) is 3.40. The zero-order valence-electron chi connectivity index (χ0n) is 20.1. The lowest BCUT2D eigenvalue weighted by Crippen LogP contribution is -2.49. The summed E-state index contributed by atoms with van der Waals surface area (Å²) in [4.78, 5) is 17.0. The maximum absolute atomic E-state index is 13.4. The minimum absolute atomic E-state index is 0.0108. The normalized spacial score (nSPS) is 14.6. The van der Waals surface area contributed by atoms with Crippen molar-refractivity contribution in [2.45, 2.75) is 12.7 Å². The average molecular weight is 559 g/mol. The second-order valence-corrected chi connectivity index (χ2v) is 9.94. The molecule has 0 atom stereocenters. The van der Waals surface area contributed by atoms with Crippen LogP contribution in [-0.4, -0.2) is 51.8 Å². The Kier molecular flexibility index (Phi) is 7.47. The predicted octanol–water partition coefficient (Wildman–Crippen LogP) is 7.33. The summed E-state index contributed by atoms with van der Waals surface area (Å²) >= 11 is 12.3. The number of hydrogen-bond acceptors (Lipinski definition) is 3. The number of alkyl halides is 3. The largest absolute Gasteiger partial charge is 0.417 e. The summed E-state index contributed by atoms with van der Waals surface area (Å²) in [5, 5.41) is 5.36. The quantitative estimate of drug-likeness (QED) is 0.263. The lowest BCUT2D eigenvalue weighted by atomic mass is 9.99. The maximum Gasteiger partial charge on any atom is 0.417 e. The molecule has 5 nitrogen and oxygen atoms in total. The molecule has 0 saturated carbocycles. The van der Waals surface area contributed by atoms with Crippen molar-refractivity contribution in [1.29, 1.82) is 0 Å². The highest BCUT2D eigenvalue weighted by molar-refractivity contribution is 6.31. The van der Waals surface area contributed by atoms with Gasteiger partial charge >= 0.3 is 12.2 Å². The van der Waals surface area contributed by atoms with Crippen LogP contribution in [0.1, 0.15) is 11.1 Å². The summed E-state index contributed by atoms with van der Waals surface area (Å²) in [5.41, 5.74) is 2.61. The van der Waals surface area contributed by atoms with Gasteiger partial charge in [-0.2, -0.15) is 23.0 Å². The van der Waals surface area contributed by atoms with E-state index in [1.165, 1.54) is 30.6 Å². The molecule has 5 rings (SSSR count). The van der Waals surface area contributed by atoms with E-state index in [-0.39, 0.29) is 17.2 Å². The Hall–Kier alpha value is -3.33. The number of rotatable bonds is 4. The first-order valence-electron chi connectivity index (χ1n) is 12.0. The van der Waals surface area contributed by atoms with Gasteiger partial charge in [-0.25, -0.2) is 4.79 Å². The van der Waals surface area contributed by atoms with E-state index < -0.39 is 11.7 Å². The van der Waals surface area contributed by atoms with Gasteiger partial charge in [0.2, 0.25) is 0 Å². The highest BCUT2D eigenvalue weighted by atomic mass is 35.5. The first-order valence-corrected chi connectivity index (χ1v) is 12.7. The zero-order chi connectivity index (χ0) is 26.9. The summed E-state index contributed by atoms with van der Waals surface area (Å²) in [6.07, 6.45) is -1.86. The molecule has 10 heteroatoms. The molecule has 1 fully saturated rings. The summed E-state index contributed by atoms with van der Waals surface area (Å²) in [7, 11) is 0. The van der Waals surface area contributed by atoms with Crippen molar-refractivity contribution in [3.8, 4) is 22.3 Å². The monoisotopic (exact) mass is 558 g/mol.